The summed E-state index contributed by atoms with van der Waals surface area (Å²) in [7, 11) is 1.52. The first-order valence-corrected chi connectivity index (χ1v) is 8.32. The Bertz CT molecular complexity index is 889. The first-order valence-electron chi connectivity index (χ1n) is 8.32. The average Bonchev–Trinajstić information content (AvgIpc) is 2.83. The summed E-state index contributed by atoms with van der Waals surface area (Å²) in [5.74, 6) is -0.283. The van der Waals surface area contributed by atoms with Gasteiger partial charge in [-0.3, -0.25) is 9.59 Å². The van der Waals surface area contributed by atoms with Crippen molar-refractivity contribution in [3.63, 3.8) is 0 Å². The Balaban J connectivity index is 1.96. The van der Waals surface area contributed by atoms with Crippen molar-refractivity contribution in [3.05, 3.63) is 71.8 Å². The van der Waals surface area contributed by atoms with Gasteiger partial charge in [0, 0.05) is 17.7 Å². The Labute approximate surface area is 152 Å². The smallest absolute Gasteiger partial charge is 0.264 e. The van der Waals surface area contributed by atoms with Crippen LogP contribution in [0.25, 0.3) is 0 Å². The second-order valence-electron chi connectivity index (χ2n) is 6.56. The summed E-state index contributed by atoms with van der Waals surface area (Å²) >= 11 is 0. The van der Waals surface area contributed by atoms with E-state index < -0.39 is 11.5 Å². The average molecular weight is 351 g/mol. The standard InChI is InChI=1S/C21H21NO4/c1-14(2)13-22-18-10-5-4-9-17(18)21(25,20(22)24)12-19(23)15-7-6-8-16(11-15)26-3/h4-11,25H,1,12-13H2,2-3H3/t21-/m1/s1. The van der Waals surface area contributed by atoms with E-state index in [4.69, 9.17) is 4.74 Å². The highest BCUT2D eigenvalue weighted by molar-refractivity contribution is 6.11. The van der Waals surface area contributed by atoms with Crippen LogP contribution in [0.15, 0.2) is 60.7 Å². The SMILES string of the molecule is C=C(C)CN1C(=O)[C@@](O)(CC(=O)c2cccc(OC)c2)c2ccccc21. The van der Waals surface area contributed by atoms with Gasteiger partial charge in [0.1, 0.15) is 5.75 Å². The van der Waals surface area contributed by atoms with Gasteiger partial charge in [0.25, 0.3) is 5.91 Å². The van der Waals surface area contributed by atoms with E-state index in [9.17, 15) is 14.7 Å². The molecule has 2 aromatic rings. The van der Waals surface area contributed by atoms with Crippen molar-refractivity contribution < 1.29 is 19.4 Å². The molecule has 0 radical (unpaired) electrons. The van der Waals surface area contributed by atoms with Gasteiger partial charge < -0.3 is 14.7 Å². The van der Waals surface area contributed by atoms with Crippen LogP contribution in [0.2, 0.25) is 0 Å². The van der Waals surface area contributed by atoms with Crippen molar-refractivity contribution in [2.24, 2.45) is 0 Å². The highest BCUT2D eigenvalue weighted by Crippen LogP contribution is 2.43. The maximum Gasteiger partial charge on any atom is 0.264 e. The molecule has 1 aliphatic heterocycles. The molecule has 0 bridgehead atoms. The van der Waals surface area contributed by atoms with Gasteiger partial charge in [0.15, 0.2) is 11.4 Å². The largest absolute Gasteiger partial charge is 0.497 e. The summed E-state index contributed by atoms with van der Waals surface area (Å²) in [6.07, 6.45) is -0.331. The number of aliphatic hydroxyl groups is 1. The third kappa shape index (κ3) is 3.02. The molecule has 0 aliphatic carbocycles. The number of carbonyl (C=O) groups excluding carboxylic acids is 2. The van der Waals surface area contributed by atoms with E-state index in [0.717, 1.165) is 5.57 Å². The van der Waals surface area contributed by atoms with E-state index in [-0.39, 0.29) is 12.2 Å². The number of rotatable bonds is 6. The molecule has 0 saturated heterocycles. The zero-order valence-corrected chi connectivity index (χ0v) is 14.9. The second kappa shape index (κ2) is 6.77. The number of ketones is 1. The molecule has 5 heteroatoms. The van der Waals surface area contributed by atoms with Crippen LogP contribution in [0.5, 0.6) is 5.75 Å². The molecule has 0 spiro atoms. The van der Waals surface area contributed by atoms with Crippen LogP contribution in [-0.2, 0) is 10.4 Å². The number of hydrogen-bond donors (Lipinski definition) is 1. The van der Waals surface area contributed by atoms with Gasteiger partial charge in [-0.15, -0.1) is 0 Å². The number of nitrogens with zero attached hydrogens (tertiary/aromatic N) is 1. The number of para-hydroxylation sites is 1. The molecule has 134 valence electrons. The molecule has 0 fully saturated rings. The lowest BCUT2D eigenvalue weighted by Gasteiger charge is -2.23. The number of ether oxygens (including phenoxy) is 1. The lowest BCUT2D eigenvalue weighted by Crippen LogP contribution is -2.42. The Morgan fingerprint density at radius 1 is 1.23 bits per heavy atom. The monoisotopic (exact) mass is 351 g/mol. The highest BCUT2D eigenvalue weighted by Gasteiger charge is 2.50. The Morgan fingerprint density at radius 2 is 1.96 bits per heavy atom. The number of carbonyl (C=O) groups is 2. The van der Waals surface area contributed by atoms with Crippen molar-refractivity contribution in [3.8, 4) is 5.75 Å². The van der Waals surface area contributed by atoms with Crippen LogP contribution in [0, 0.1) is 0 Å². The fourth-order valence-corrected chi connectivity index (χ4v) is 3.24. The van der Waals surface area contributed by atoms with Crippen molar-refractivity contribution in [1.29, 1.82) is 0 Å². The fourth-order valence-electron chi connectivity index (χ4n) is 3.24. The molecule has 26 heavy (non-hydrogen) atoms. The lowest BCUT2D eigenvalue weighted by atomic mass is 9.88. The molecule has 1 aliphatic rings. The maximum atomic E-state index is 13.0. The summed E-state index contributed by atoms with van der Waals surface area (Å²) in [5.41, 5.74) is 0.355. The van der Waals surface area contributed by atoms with E-state index in [1.165, 1.54) is 12.0 Å². The van der Waals surface area contributed by atoms with Crippen LogP contribution < -0.4 is 9.64 Å². The van der Waals surface area contributed by atoms with Crippen LogP contribution in [-0.4, -0.2) is 30.5 Å². The predicted molar refractivity (Wildman–Crippen MR) is 99.4 cm³/mol. The first-order chi connectivity index (χ1) is 12.4. The maximum absolute atomic E-state index is 13.0. The third-order valence-corrected chi connectivity index (χ3v) is 4.48. The molecule has 5 nitrogen and oxygen atoms in total. The van der Waals surface area contributed by atoms with E-state index in [1.807, 2.05) is 6.92 Å². The molecular formula is C21H21NO4. The highest BCUT2D eigenvalue weighted by atomic mass is 16.5. The van der Waals surface area contributed by atoms with Gasteiger partial charge >= 0.3 is 0 Å². The topological polar surface area (TPSA) is 66.8 Å². The van der Waals surface area contributed by atoms with Crippen molar-refractivity contribution in [2.75, 3.05) is 18.6 Å². The number of hydrogen-bond acceptors (Lipinski definition) is 4. The van der Waals surface area contributed by atoms with Gasteiger partial charge in [-0.2, -0.15) is 0 Å². The molecule has 0 aromatic heterocycles. The number of methoxy groups -OCH3 is 1. The van der Waals surface area contributed by atoms with Gasteiger partial charge in [-0.1, -0.05) is 42.5 Å². The van der Waals surface area contributed by atoms with E-state index in [1.54, 1.807) is 48.5 Å². The first kappa shape index (κ1) is 17.9. The normalized spacial score (nSPS) is 18.6. The van der Waals surface area contributed by atoms with E-state index in [2.05, 4.69) is 6.58 Å². The molecule has 1 heterocycles. The molecule has 0 unspecified atom stereocenters. The zero-order chi connectivity index (χ0) is 18.9. The Hall–Kier alpha value is -2.92. The van der Waals surface area contributed by atoms with Gasteiger partial charge in [0.2, 0.25) is 0 Å². The number of fused-ring (bicyclic) bond motifs is 1. The Kier molecular flexibility index (Phi) is 4.66. The summed E-state index contributed by atoms with van der Waals surface area (Å²) in [4.78, 5) is 27.2. The van der Waals surface area contributed by atoms with Crippen molar-refractivity contribution in [2.45, 2.75) is 18.9 Å². The van der Waals surface area contributed by atoms with Gasteiger partial charge in [-0.05, 0) is 25.1 Å². The molecule has 1 atom stereocenters. The van der Waals surface area contributed by atoms with Crippen molar-refractivity contribution >= 4 is 17.4 Å². The van der Waals surface area contributed by atoms with E-state index >= 15 is 0 Å². The molecule has 2 aromatic carbocycles. The van der Waals surface area contributed by atoms with Gasteiger partial charge in [0.05, 0.1) is 19.2 Å². The minimum absolute atomic E-state index is 0.297. The molecule has 1 amide bonds. The summed E-state index contributed by atoms with van der Waals surface area (Å²) in [6.45, 7) is 5.96. The van der Waals surface area contributed by atoms with Crippen LogP contribution in [0.3, 0.4) is 0 Å². The number of Topliss-reactive ketones (excluding diaryl/α,β-unsaturated/α-hetero) is 1. The quantitative estimate of drug-likeness (QED) is 0.642. The molecule has 0 saturated carbocycles. The zero-order valence-electron chi connectivity index (χ0n) is 14.9. The molecule has 3 rings (SSSR count). The van der Waals surface area contributed by atoms with Crippen LogP contribution >= 0.6 is 0 Å². The minimum Gasteiger partial charge on any atom is -0.497 e. The summed E-state index contributed by atoms with van der Waals surface area (Å²) in [5, 5.41) is 11.2. The third-order valence-electron chi connectivity index (χ3n) is 4.48. The minimum atomic E-state index is -1.88. The number of amides is 1. The van der Waals surface area contributed by atoms with E-state index in [0.29, 0.717) is 29.1 Å². The number of benzene rings is 2. The summed E-state index contributed by atoms with van der Waals surface area (Å²) < 4.78 is 5.14. The molecule has 1 N–H and O–H groups in total. The lowest BCUT2D eigenvalue weighted by molar-refractivity contribution is -0.135. The summed E-state index contributed by atoms with van der Waals surface area (Å²) in [6, 6.07) is 13.7. The molecular weight excluding hydrogens is 330 g/mol. The predicted octanol–water partition coefficient (Wildman–Crippen LogP) is 3.08. The second-order valence-corrected chi connectivity index (χ2v) is 6.56. The fraction of sp³-hybridized carbons (Fsp3) is 0.238. The van der Waals surface area contributed by atoms with Crippen molar-refractivity contribution in [1.82, 2.24) is 0 Å². The van der Waals surface area contributed by atoms with Crippen LogP contribution in [0.4, 0.5) is 5.69 Å². The van der Waals surface area contributed by atoms with Gasteiger partial charge in [-0.25, -0.2) is 0 Å². The Morgan fingerprint density at radius 3 is 2.65 bits per heavy atom. The van der Waals surface area contributed by atoms with Crippen LogP contribution in [0.1, 0.15) is 29.3 Å². The number of anilines is 1.